The van der Waals surface area contributed by atoms with Gasteiger partial charge >= 0.3 is 0 Å². The van der Waals surface area contributed by atoms with Crippen LogP contribution < -0.4 is 5.32 Å². The summed E-state index contributed by atoms with van der Waals surface area (Å²) in [6.45, 7) is 6.11. The van der Waals surface area contributed by atoms with Crippen LogP contribution in [0.5, 0.6) is 0 Å². The Hall–Kier alpha value is -1.68. The third kappa shape index (κ3) is 8.25. The molecule has 1 aromatic rings. The molecule has 4 nitrogen and oxygen atoms in total. The minimum atomic E-state index is 0.207. The van der Waals surface area contributed by atoms with Crippen LogP contribution in [0.1, 0.15) is 37.0 Å². The van der Waals surface area contributed by atoms with E-state index in [9.17, 15) is 9.59 Å². The van der Waals surface area contributed by atoms with Crippen molar-refractivity contribution in [2.45, 2.75) is 26.7 Å². The molecule has 2 rings (SSSR count). The van der Waals surface area contributed by atoms with Crippen LogP contribution in [0.25, 0.3) is 0 Å². The molecule has 1 saturated heterocycles. The lowest BCUT2D eigenvalue weighted by molar-refractivity contribution is -0.125. The van der Waals surface area contributed by atoms with Crippen molar-refractivity contribution in [3.63, 3.8) is 0 Å². The van der Waals surface area contributed by atoms with Crippen molar-refractivity contribution in [2.75, 3.05) is 27.2 Å². The fourth-order valence-corrected chi connectivity index (χ4v) is 2.01. The number of piperidine rings is 1. The van der Waals surface area contributed by atoms with Gasteiger partial charge in [-0.2, -0.15) is 0 Å². The van der Waals surface area contributed by atoms with E-state index in [-0.39, 0.29) is 11.8 Å². The average molecular weight is 292 g/mol. The summed E-state index contributed by atoms with van der Waals surface area (Å²) in [5.74, 6) is 0.467. The predicted molar refractivity (Wildman–Crippen MR) is 87.5 cm³/mol. The van der Waals surface area contributed by atoms with E-state index < -0.39 is 0 Å². The van der Waals surface area contributed by atoms with Gasteiger partial charge < -0.3 is 10.2 Å². The maximum Gasteiger partial charge on any atom is 0.222 e. The Labute approximate surface area is 128 Å². The topological polar surface area (TPSA) is 49.4 Å². The van der Waals surface area contributed by atoms with Crippen LogP contribution in [0.4, 0.5) is 0 Å². The van der Waals surface area contributed by atoms with Crippen molar-refractivity contribution in [3.05, 3.63) is 35.9 Å². The lowest BCUT2D eigenvalue weighted by atomic mass is 9.96. The van der Waals surface area contributed by atoms with E-state index in [0.717, 1.165) is 37.8 Å². The molecule has 1 aliphatic rings. The molecule has 4 heteroatoms. The first kappa shape index (κ1) is 19.3. The molecule has 1 amide bonds. The molecule has 0 spiro atoms. The summed E-state index contributed by atoms with van der Waals surface area (Å²) in [5.41, 5.74) is 0.729. The number of carbonyl (C=O) groups excluding carboxylic acids is 2. The van der Waals surface area contributed by atoms with Gasteiger partial charge in [-0.1, -0.05) is 44.2 Å². The van der Waals surface area contributed by atoms with Crippen LogP contribution in [-0.4, -0.2) is 44.3 Å². The quantitative estimate of drug-likeness (QED) is 0.852. The van der Waals surface area contributed by atoms with Gasteiger partial charge in [-0.25, -0.2) is 0 Å². The molecule has 21 heavy (non-hydrogen) atoms. The lowest BCUT2D eigenvalue weighted by Gasteiger charge is -2.27. The Morgan fingerprint density at radius 2 is 1.71 bits per heavy atom. The molecule has 0 bridgehead atoms. The summed E-state index contributed by atoms with van der Waals surface area (Å²) < 4.78 is 0. The number of aldehydes is 1. The zero-order valence-electron chi connectivity index (χ0n) is 13.6. The van der Waals surface area contributed by atoms with Gasteiger partial charge in [-0.05, 0) is 33.0 Å². The maximum atomic E-state index is 11.1. The summed E-state index contributed by atoms with van der Waals surface area (Å²) in [6, 6.07) is 9.10. The third-order valence-corrected chi connectivity index (χ3v) is 3.27. The highest BCUT2D eigenvalue weighted by atomic mass is 16.1. The highest BCUT2D eigenvalue weighted by Crippen LogP contribution is 2.15. The second-order valence-electron chi connectivity index (χ2n) is 4.72. The Bertz CT molecular complexity index is 385. The van der Waals surface area contributed by atoms with Crippen molar-refractivity contribution < 1.29 is 9.59 Å². The first-order valence-electron chi connectivity index (χ1n) is 7.57. The zero-order chi connectivity index (χ0) is 16.1. The summed E-state index contributed by atoms with van der Waals surface area (Å²) >= 11 is 0. The van der Waals surface area contributed by atoms with Crippen molar-refractivity contribution in [1.82, 2.24) is 10.2 Å². The molecule has 0 aliphatic carbocycles. The smallest absolute Gasteiger partial charge is 0.222 e. The first-order chi connectivity index (χ1) is 10.2. The van der Waals surface area contributed by atoms with Crippen LogP contribution in [0.3, 0.4) is 0 Å². The number of nitrogens with zero attached hydrogens (tertiary/aromatic N) is 1. The Morgan fingerprint density at radius 3 is 2.10 bits per heavy atom. The largest absolute Gasteiger partial charge is 0.359 e. The highest BCUT2D eigenvalue weighted by Gasteiger charge is 2.21. The van der Waals surface area contributed by atoms with Gasteiger partial charge in [0.15, 0.2) is 0 Å². The number of carbonyl (C=O) groups is 2. The van der Waals surface area contributed by atoms with Crippen LogP contribution >= 0.6 is 0 Å². The standard InChI is InChI=1S/C8H16N2O.C7H6O.C2H6/c1-9-8(11)7-3-5-10(2)6-4-7;8-6-7-4-2-1-3-5-7;1-2/h7H,3-6H2,1-2H3,(H,9,11);1-6H;1-2H3. The predicted octanol–water partition coefficient (Wildman–Crippen LogP) is 2.60. The van der Waals surface area contributed by atoms with E-state index in [1.54, 1.807) is 19.2 Å². The van der Waals surface area contributed by atoms with Gasteiger partial charge in [-0.15, -0.1) is 0 Å². The van der Waals surface area contributed by atoms with Crippen LogP contribution in [0, 0.1) is 5.92 Å². The molecule has 1 fully saturated rings. The van der Waals surface area contributed by atoms with E-state index in [1.165, 1.54) is 0 Å². The first-order valence-corrected chi connectivity index (χ1v) is 7.57. The van der Waals surface area contributed by atoms with Gasteiger partial charge in [0, 0.05) is 18.5 Å². The van der Waals surface area contributed by atoms with E-state index >= 15 is 0 Å². The highest BCUT2D eigenvalue weighted by molar-refractivity contribution is 5.78. The number of likely N-dealkylation sites (tertiary alicyclic amines) is 1. The molecule has 1 aromatic carbocycles. The average Bonchev–Trinajstić information content (AvgIpc) is 2.58. The molecule has 0 atom stereocenters. The third-order valence-electron chi connectivity index (χ3n) is 3.27. The summed E-state index contributed by atoms with van der Waals surface area (Å²) in [5, 5.41) is 2.69. The van der Waals surface area contributed by atoms with Crippen LogP contribution in [0.2, 0.25) is 0 Å². The molecule has 1 aliphatic heterocycles. The fourth-order valence-electron chi connectivity index (χ4n) is 2.01. The maximum absolute atomic E-state index is 11.1. The van der Waals surface area contributed by atoms with E-state index in [4.69, 9.17) is 0 Å². The van der Waals surface area contributed by atoms with E-state index in [2.05, 4.69) is 17.3 Å². The molecule has 1 N–H and O–H groups in total. The van der Waals surface area contributed by atoms with Crippen LogP contribution in [-0.2, 0) is 4.79 Å². The van der Waals surface area contributed by atoms with Crippen LogP contribution in [0.15, 0.2) is 30.3 Å². The van der Waals surface area contributed by atoms with Crippen molar-refractivity contribution in [2.24, 2.45) is 5.92 Å². The molecule has 0 unspecified atom stereocenters. The molecule has 1 heterocycles. The number of hydrogen-bond donors (Lipinski definition) is 1. The monoisotopic (exact) mass is 292 g/mol. The Kier molecular flexibility index (Phi) is 11.1. The number of nitrogens with one attached hydrogen (secondary N) is 1. The summed E-state index contributed by atoms with van der Waals surface area (Å²) in [6.07, 6.45) is 2.85. The molecule has 0 radical (unpaired) electrons. The van der Waals surface area contributed by atoms with Crippen molar-refractivity contribution in [1.29, 1.82) is 0 Å². The molecule has 118 valence electrons. The zero-order valence-corrected chi connectivity index (χ0v) is 13.6. The number of benzene rings is 1. The van der Waals surface area contributed by atoms with Gasteiger partial charge in [-0.3, -0.25) is 9.59 Å². The number of hydrogen-bond acceptors (Lipinski definition) is 3. The molecule has 0 saturated carbocycles. The SMILES string of the molecule is CC.CNC(=O)C1CCN(C)CC1.O=Cc1ccccc1. The number of rotatable bonds is 2. The normalized spacial score (nSPS) is 14.9. The van der Waals surface area contributed by atoms with E-state index in [1.807, 2.05) is 32.0 Å². The molecular weight excluding hydrogens is 264 g/mol. The second-order valence-corrected chi connectivity index (χ2v) is 4.72. The van der Waals surface area contributed by atoms with Crippen molar-refractivity contribution in [3.8, 4) is 0 Å². The Balaban J connectivity index is 0.000000354. The Morgan fingerprint density at radius 1 is 1.19 bits per heavy atom. The summed E-state index contributed by atoms with van der Waals surface area (Å²) in [7, 11) is 3.81. The van der Waals surface area contributed by atoms with Crippen molar-refractivity contribution >= 4 is 12.2 Å². The molecular formula is C17H28N2O2. The number of amides is 1. The molecule has 0 aromatic heterocycles. The fraction of sp³-hybridized carbons (Fsp3) is 0.529. The van der Waals surface area contributed by atoms with E-state index in [0.29, 0.717) is 0 Å². The lowest BCUT2D eigenvalue weighted by Crippen LogP contribution is -2.37. The minimum Gasteiger partial charge on any atom is -0.359 e. The summed E-state index contributed by atoms with van der Waals surface area (Å²) in [4.78, 5) is 23.4. The van der Waals surface area contributed by atoms with Gasteiger partial charge in [0.2, 0.25) is 5.91 Å². The van der Waals surface area contributed by atoms with Gasteiger partial charge in [0.05, 0.1) is 0 Å². The van der Waals surface area contributed by atoms with Gasteiger partial charge in [0.25, 0.3) is 0 Å². The van der Waals surface area contributed by atoms with Gasteiger partial charge in [0.1, 0.15) is 6.29 Å². The second kappa shape index (κ2) is 12.1. The minimum absolute atomic E-state index is 0.207.